The maximum absolute atomic E-state index is 6.29. The minimum absolute atomic E-state index is 0.373. The van der Waals surface area contributed by atoms with Crippen LogP contribution in [0.4, 0.5) is 0 Å². The Morgan fingerprint density at radius 3 is 2.36 bits per heavy atom. The Morgan fingerprint density at radius 1 is 0.880 bits per heavy atom. The van der Waals surface area contributed by atoms with Crippen LogP contribution in [0.3, 0.4) is 0 Å². The van der Waals surface area contributed by atoms with Crippen LogP contribution in [0.15, 0.2) is 36.7 Å². The summed E-state index contributed by atoms with van der Waals surface area (Å²) >= 11 is 0. The van der Waals surface area contributed by atoms with Crippen molar-refractivity contribution in [2.24, 2.45) is 11.8 Å². The van der Waals surface area contributed by atoms with E-state index in [1.807, 2.05) is 12.4 Å². The van der Waals surface area contributed by atoms with E-state index < -0.39 is 0 Å². The van der Waals surface area contributed by atoms with E-state index in [9.17, 15) is 0 Å². The number of ether oxygens (including phenoxy) is 1. The van der Waals surface area contributed by atoms with Crippen LogP contribution in [0.2, 0.25) is 0 Å². The van der Waals surface area contributed by atoms with Crippen LogP contribution in [0.1, 0.15) is 51.4 Å². The number of fused-ring (bicyclic) bond motifs is 1. The third kappa shape index (κ3) is 3.67. The highest BCUT2D eigenvalue weighted by atomic mass is 16.5. The van der Waals surface area contributed by atoms with Crippen molar-refractivity contribution in [3.63, 3.8) is 0 Å². The lowest BCUT2D eigenvalue weighted by atomic mass is 9.91. The lowest BCUT2D eigenvalue weighted by molar-refractivity contribution is 0.134. The lowest BCUT2D eigenvalue weighted by Crippen LogP contribution is -2.44. The fourth-order valence-electron chi connectivity index (χ4n) is 4.51. The molecule has 2 aromatic rings. The molecule has 3 aliphatic carbocycles. The molecule has 1 aromatic heterocycles. The first-order valence-electron chi connectivity index (χ1n) is 10.1. The fourth-order valence-corrected chi connectivity index (χ4v) is 4.51. The fraction of sp³-hybridized carbons (Fsp3) is 0.591. The Balaban J connectivity index is 1.15. The van der Waals surface area contributed by atoms with Crippen molar-refractivity contribution >= 4 is 10.8 Å². The predicted octanol–water partition coefficient (Wildman–Crippen LogP) is 4.70. The number of nitrogens with one attached hydrogen (secondary N) is 1. The van der Waals surface area contributed by atoms with E-state index in [1.54, 1.807) is 0 Å². The zero-order valence-electron chi connectivity index (χ0n) is 14.9. The molecule has 0 amide bonds. The molecule has 0 spiro atoms. The van der Waals surface area contributed by atoms with Crippen LogP contribution in [-0.2, 0) is 0 Å². The first kappa shape index (κ1) is 15.6. The third-order valence-corrected chi connectivity index (χ3v) is 6.28. The molecule has 0 aliphatic heterocycles. The van der Waals surface area contributed by atoms with Gasteiger partial charge in [-0.2, -0.15) is 0 Å². The number of hydrogen-bond acceptors (Lipinski definition) is 3. The molecule has 1 N–H and O–H groups in total. The van der Waals surface area contributed by atoms with Gasteiger partial charge in [0.25, 0.3) is 0 Å². The molecule has 25 heavy (non-hydrogen) atoms. The average Bonchev–Trinajstić information content (AvgIpc) is 3.55. The van der Waals surface area contributed by atoms with E-state index in [2.05, 4.69) is 34.6 Å². The molecule has 0 saturated heterocycles. The molecular formula is C22H28N2O. The first-order valence-corrected chi connectivity index (χ1v) is 10.1. The van der Waals surface area contributed by atoms with Gasteiger partial charge < -0.3 is 10.1 Å². The lowest BCUT2D eigenvalue weighted by Gasteiger charge is -2.32. The zero-order chi connectivity index (χ0) is 16.6. The van der Waals surface area contributed by atoms with Crippen LogP contribution in [0.5, 0.6) is 5.75 Å². The molecule has 0 atom stereocenters. The van der Waals surface area contributed by atoms with E-state index in [0.717, 1.165) is 23.6 Å². The maximum atomic E-state index is 6.29. The van der Waals surface area contributed by atoms with E-state index in [-0.39, 0.29) is 0 Å². The smallest absolute Gasteiger partial charge is 0.120 e. The van der Waals surface area contributed by atoms with Crippen molar-refractivity contribution in [1.82, 2.24) is 10.3 Å². The van der Waals surface area contributed by atoms with Gasteiger partial charge in [0.15, 0.2) is 0 Å². The summed E-state index contributed by atoms with van der Waals surface area (Å²) < 4.78 is 6.29. The number of rotatable bonds is 6. The molecule has 0 radical (unpaired) electrons. The summed E-state index contributed by atoms with van der Waals surface area (Å²) in [5, 5.41) is 6.41. The largest absolute Gasteiger partial charge is 0.490 e. The summed E-state index contributed by atoms with van der Waals surface area (Å²) in [6, 6.07) is 9.95. The second-order valence-corrected chi connectivity index (χ2v) is 8.34. The minimum atomic E-state index is 0.373. The van der Waals surface area contributed by atoms with Gasteiger partial charge in [-0.05, 0) is 92.9 Å². The second kappa shape index (κ2) is 6.60. The number of pyridine rings is 1. The summed E-state index contributed by atoms with van der Waals surface area (Å²) in [4.78, 5) is 4.18. The Bertz CT molecular complexity index is 718. The molecule has 0 unspecified atom stereocenters. The molecule has 5 rings (SSSR count). The molecule has 132 valence electrons. The summed E-state index contributed by atoms with van der Waals surface area (Å²) in [5.41, 5.74) is 0. The monoisotopic (exact) mass is 336 g/mol. The van der Waals surface area contributed by atoms with E-state index >= 15 is 0 Å². The van der Waals surface area contributed by atoms with E-state index in [1.165, 1.54) is 62.1 Å². The second-order valence-electron chi connectivity index (χ2n) is 8.34. The Kier molecular flexibility index (Phi) is 4.13. The van der Waals surface area contributed by atoms with Crippen molar-refractivity contribution in [3.05, 3.63) is 36.7 Å². The Morgan fingerprint density at radius 2 is 1.64 bits per heavy atom. The maximum Gasteiger partial charge on any atom is 0.120 e. The normalized spacial score (nSPS) is 26.9. The number of aromatic nitrogens is 1. The van der Waals surface area contributed by atoms with Gasteiger partial charge in [0.1, 0.15) is 5.75 Å². The van der Waals surface area contributed by atoms with Crippen LogP contribution in [-0.4, -0.2) is 23.2 Å². The van der Waals surface area contributed by atoms with Gasteiger partial charge in [-0.1, -0.05) is 0 Å². The van der Waals surface area contributed by atoms with Crippen molar-refractivity contribution in [3.8, 4) is 5.75 Å². The summed E-state index contributed by atoms with van der Waals surface area (Å²) in [7, 11) is 0. The van der Waals surface area contributed by atoms with E-state index in [0.29, 0.717) is 12.1 Å². The Hall–Kier alpha value is -1.61. The van der Waals surface area contributed by atoms with Gasteiger partial charge >= 0.3 is 0 Å². The van der Waals surface area contributed by atoms with Gasteiger partial charge in [-0.25, -0.2) is 0 Å². The highest BCUT2D eigenvalue weighted by Crippen LogP contribution is 2.45. The van der Waals surface area contributed by atoms with Gasteiger partial charge in [0.2, 0.25) is 0 Å². The molecule has 3 heteroatoms. The van der Waals surface area contributed by atoms with Crippen molar-refractivity contribution in [2.75, 3.05) is 0 Å². The first-order chi connectivity index (χ1) is 12.3. The van der Waals surface area contributed by atoms with Gasteiger partial charge in [-0.15, -0.1) is 0 Å². The van der Waals surface area contributed by atoms with Gasteiger partial charge in [0.05, 0.1) is 6.10 Å². The van der Waals surface area contributed by atoms with Crippen molar-refractivity contribution in [1.29, 1.82) is 0 Å². The van der Waals surface area contributed by atoms with Crippen molar-refractivity contribution < 1.29 is 4.74 Å². The number of benzene rings is 1. The molecule has 1 aromatic carbocycles. The molecule has 3 saturated carbocycles. The van der Waals surface area contributed by atoms with Crippen LogP contribution < -0.4 is 10.1 Å². The zero-order valence-corrected chi connectivity index (χ0v) is 14.9. The molecule has 0 bridgehead atoms. The molecule has 1 heterocycles. The quantitative estimate of drug-likeness (QED) is 0.830. The highest BCUT2D eigenvalue weighted by molar-refractivity contribution is 5.82. The van der Waals surface area contributed by atoms with Crippen molar-refractivity contribution in [2.45, 2.75) is 69.6 Å². The molecule has 3 aliphatic rings. The van der Waals surface area contributed by atoms with Gasteiger partial charge in [0, 0.05) is 29.9 Å². The third-order valence-electron chi connectivity index (χ3n) is 6.28. The van der Waals surface area contributed by atoms with Gasteiger partial charge in [-0.3, -0.25) is 4.98 Å². The topological polar surface area (TPSA) is 34.1 Å². The standard InChI is InChI=1S/C22H28N2O/c1-2-15(1)22(16-3-4-16)24-19-6-9-20(10-7-19)25-21-8-5-18-14-23-12-11-17(18)13-21/h5,8,11-16,19-20,22,24H,1-4,6-7,9-10H2/t19-,20-. The molecular weight excluding hydrogens is 308 g/mol. The Labute approximate surface area is 150 Å². The van der Waals surface area contributed by atoms with E-state index in [4.69, 9.17) is 4.74 Å². The van der Waals surface area contributed by atoms with Crippen LogP contribution in [0, 0.1) is 11.8 Å². The summed E-state index contributed by atoms with van der Waals surface area (Å²) in [6.45, 7) is 0. The highest BCUT2D eigenvalue weighted by Gasteiger charge is 2.42. The molecule has 3 nitrogen and oxygen atoms in total. The predicted molar refractivity (Wildman–Crippen MR) is 101 cm³/mol. The van der Waals surface area contributed by atoms with Crippen LogP contribution in [0.25, 0.3) is 10.8 Å². The summed E-state index contributed by atoms with van der Waals surface area (Å²) in [5.74, 6) is 2.99. The average molecular weight is 336 g/mol. The number of nitrogens with zero attached hydrogens (tertiary/aromatic N) is 1. The summed E-state index contributed by atoms with van der Waals surface area (Å²) in [6.07, 6.45) is 14.9. The SMILES string of the molecule is c1cc2cc(O[C@H]3CC[C@H](NC(C4CC4)C4CC4)CC3)ccc2cn1. The minimum Gasteiger partial charge on any atom is -0.490 e. The van der Waals surface area contributed by atoms with Crippen LogP contribution >= 0.6 is 0 Å². The number of hydrogen-bond donors (Lipinski definition) is 1. The molecule has 3 fully saturated rings.